The summed E-state index contributed by atoms with van der Waals surface area (Å²) in [6.07, 6.45) is 6.90. The molecule has 0 aromatic heterocycles. The number of nitro groups is 1. The van der Waals surface area contributed by atoms with Crippen LogP contribution in [-0.4, -0.2) is 34.1 Å². The Morgan fingerprint density at radius 2 is 2.00 bits per heavy atom. The Hall–Kier alpha value is -2.40. The second kappa shape index (κ2) is 7.31. The van der Waals surface area contributed by atoms with E-state index in [1.807, 2.05) is 24.3 Å². The molecule has 1 heterocycles. The van der Waals surface area contributed by atoms with Crippen LogP contribution in [0.3, 0.4) is 0 Å². The predicted octanol–water partition coefficient (Wildman–Crippen LogP) is 4.43. The van der Waals surface area contributed by atoms with Gasteiger partial charge in [0.25, 0.3) is 5.69 Å². The molecule has 0 spiro atoms. The van der Waals surface area contributed by atoms with Gasteiger partial charge in [-0.25, -0.2) is 0 Å². The molecular weight excluding hydrogens is 340 g/mol. The summed E-state index contributed by atoms with van der Waals surface area (Å²) in [6, 6.07) is 15.4. The highest BCUT2D eigenvalue weighted by Crippen LogP contribution is 2.47. The fraction of sp³-hybridized carbons (Fsp3) is 0.455. The maximum atomic E-state index is 10.8. The normalized spacial score (nSPS) is 25.3. The number of nitro benzene ring substituents is 1. The van der Waals surface area contributed by atoms with Gasteiger partial charge in [-0.3, -0.25) is 15.0 Å². The van der Waals surface area contributed by atoms with Gasteiger partial charge in [-0.2, -0.15) is 0 Å². The smallest absolute Gasteiger partial charge is 0.269 e. The molecule has 2 aliphatic rings. The highest BCUT2D eigenvalue weighted by Gasteiger charge is 2.43. The molecule has 0 radical (unpaired) electrons. The lowest BCUT2D eigenvalue weighted by atomic mass is 9.63. The van der Waals surface area contributed by atoms with E-state index in [4.69, 9.17) is 0 Å². The van der Waals surface area contributed by atoms with Crippen LogP contribution >= 0.6 is 0 Å². The highest BCUT2D eigenvalue weighted by molar-refractivity contribution is 5.35. The van der Waals surface area contributed by atoms with E-state index in [0.29, 0.717) is 11.8 Å². The van der Waals surface area contributed by atoms with Gasteiger partial charge in [-0.1, -0.05) is 30.7 Å². The van der Waals surface area contributed by atoms with Gasteiger partial charge in [-0.15, -0.1) is 0 Å². The average molecular weight is 366 g/mol. The molecule has 1 aliphatic carbocycles. The van der Waals surface area contributed by atoms with E-state index in [2.05, 4.69) is 11.0 Å². The van der Waals surface area contributed by atoms with Crippen molar-refractivity contribution in [3.8, 4) is 5.75 Å². The molecule has 5 heteroatoms. The Morgan fingerprint density at radius 1 is 1.19 bits per heavy atom. The van der Waals surface area contributed by atoms with Crippen LogP contribution in [0.5, 0.6) is 5.75 Å². The summed E-state index contributed by atoms with van der Waals surface area (Å²) in [7, 11) is 0. The molecule has 1 saturated heterocycles. The van der Waals surface area contributed by atoms with Gasteiger partial charge < -0.3 is 5.11 Å². The second-order valence-electron chi connectivity index (χ2n) is 8.04. The zero-order valence-corrected chi connectivity index (χ0v) is 15.5. The summed E-state index contributed by atoms with van der Waals surface area (Å²) in [5.41, 5.74) is 2.81. The lowest BCUT2D eigenvalue weighted by Gasteiger charge is -2.51. The van der Waals surface area contributed by atoms with E-state index in [1.54, 1.807) is 18.2 Å². The van der Waals surface area contributed by atoms with Crippen molar-refractivity contribution in [2.45, 2.75) is 50.0 Å². The summed E-state index contributed by atoms with van der Waals surface area (Å²) in [6.45, 7) is 2.08. The summed E-state index contributed by atoms with van der Waals surface area (Å²) in [5, 5.41) is 20.7. The van der Waals surface area contributed by atoms with Crippen LogP contribution in [0.1, 0.15) is 43.2 Å². The lowest BCUT2D eigenvalue weighted by molar-refractivity contribution is -0.384. The Balaban J connectivity index is 1.41. The number of non-ortho nitro benzene ring substituents is 1. The van der Waals surface area contributed by atoms with Crippen molar-refractivity contribution < 1.29 is 10.0 Å². The Kier molecular flexibility index (Phi) is 4.87. The molecule has 2 atom stereocenters. The maximum absolute atomic E-state index is 10.8. The van der Waals surface area contributed by atoms with Crippen LogP contribution in [-0.2, 0) is 11.8 Å². The highest BCUT2D eigenvalue weighted by atomic mass is 16.6. The minimum atomic E-state index is -0.350. The van der Waals surface area contributed by atoms with E-state index < -0.39 is 0 Å². The number of likely N-dealkylation sites (tertiary alicyclic amines) is 1. The zero-order chi connectivity index (χ0) is 18.9. The number of hydrogen-bond donors (Lipinski definition) is 1. The Bertz CT molecular complexity index is 821. The van der Waals surface area contributed by atoms with Crippen molar-refractivity contribution in [2.75, 3.05) is 13.1 Å². The fourth-order valence-corrected chi connectivity index (χ4v) is 5.00. The molecule has 27 heavy (non-hydrogen) atoms. The van der Waals surface area contributed by atoms with Crippen molar-refractivity contribution >= 4 is 5.69 Å². The predicted molar refractivity (Wildman–Crippen MR) is 105 cm³/mol. The van der Waals surface area contributed by atoms with Gasteiger partial charge in [0.15, 0.2) is 0 Å². The first-order valence-electron chi connectivity index (χ1n) is 9.83. The van der Waals surface area contributed by atoms with Gasteiger partial charge in [0.2, 0.25) is 0 Å². The minimum absolute atomic E-state index is 0.153. The molecule has 2 aromatic carbocycles. The topological polar surface area (TPSA) is 66.6 Å². The largest absolute Gasteiger partial charge is 0.508 e. The van der Waals surface area contributed by atoms with Crippen molar-refractivity contribution in [1.82, 2.24) is 4.90 Å². The van der Waals surface area contributed by atoms with Crippen LogP contribution in [0.15, 0.2) is 48.5 Å². The number of hydrogen-bond acceptors (Lipinski definition) is 4. The molecule has 5 nitrogen and oxygen atoms in total. The summed E-state index contributed by atoms with van der Waals surface area (Å²) >= 11 is 0. The first kappa shape index (κ1) is 18.0. The third-order valence-electron chi connectivity index (χ3n) is 6.51. The van der Waals surface area contributed by atoms with E-state index in [9.17, 15) is 15.2 Å². The lowest BCUT2D eigenvalue weighted by Crippen LogP contribution is -2.52. The number of benzene rings is 2. The number of phenolic OH excluding ortho intramolecular Hbond substituents is 1. The van der Waals surface area contributed by atoms with Gasteiger partial charge in [-0.05, 0) is 67.3 Å². The second-order valence-corrected chi connectivity index (χ2v) is 8.04. The third-order valence-corrected chi connectivity index (χ3v) is 6.51. The van der Waals surface area contributed by atoms with Crippen LogP contribution in [0.25, 0.3) is 0 Å². The van der Waals surface area contributed by atoms with E-state index in [0.717, 1.165) is 37.9 Å². The van der Waals surface area contributed by atoms with Crippen molar-refractivity contribution in [1.29, 1.82) is 0 Å². The molecule has 1 N–H and O–H groups in total. The van der Waals surface area contributed by atoms with Crippen molar-refractivity contribution in [2.24, 2.45) is 0 Å². The molecule has 2 aromatic rings. The van der Waals surface area contributed by atoms with Crippen molar-refractivity contribution in [3.05, 3.63) is 69.8 Å². The summed E-state index contributed by atoms with van der Waals surface area (Å²) in [5.74, 6) is 0.365. The molecule has 2 fully saturated rings. The van der Waals surface area contributed by atoms with Gasteiger partial charge in [0.1, 0.15) is 5.75 Å². The molecule has 1 saturated carbocycles. The third kappa shape index (κ3) is 3.69. The zero-order valence-electron chi connectivity index (χ0n) is 15.5. The van der Waals surface area contributed by atoms with Crippen LogP contribution in [0, 0.1) is 10.1 Å². The number of rotatable bonds is 5. The fourth-order valence-electron chi connectivity index (χ4n) is 5.00. The standard InChI is InChI=1S/C22H26N2O3/c25-21-5-1-3-18(15-21)22-11-2-4-20(16-22)23(14-12-22)13-10-17-6-8-19(9-7-17)24(26)27/h1,3,5-9,15,20,25H,2,4,10-14,16H2/t20-,22+/m0/s1. The Morgan fingerprint density at radius 3 is 2.74 bits per heavy atom. The SMILES string of the molecule is O=[N+]([O-])c1ccc(CCN2CC[C@]3(c4cccc(O)c4)CCC[C@H]2C3)cc1. The molecule has 2 bridgehead atoms. The van der Waals surface area contributed by atoms with E-state index in [1.165, 1.54) is 24.8 Å². The molecular formula is C22H26N2O3. The van der Waals surface area contributed by atoms with Gasteiger partial charge in [0, 0.05) is 24.7 Å². The molecule has 1 aliphatic heterocycles. The van der Waals surface area contributed by atoms with Crippen LogP contribution < -0.4 is 0 Å². The first-order valence-corrected chi connectivity index (χ1v) is 9.83. The number of nitrogens with zero attached hydrogens (tertiary/aromatic N) is 2. The van der Waals surface area contributed by atoms with Crippen molar-refractivity contribution in [3.63, 3.8) is 0 Å². The number of aromatic hydroxyl groups is 1. The molecule has 0 amide bonds. The minimum Gasteiger partial charge on any atom is -0.508 e. The summed E-state index contributed by atoms with van der Waals surface area (Å²) < 4.78 is 0. The molecule has 4 rings (SSSR count). The number of phenols is 1. The van der Waals surface area contributed by atoms with Crippen LogP contribution in [0.2, 0.25) is 0 Å². The quantitative estimate of drug-likeness (QED) is 0.628. The van der Waals surface area contributed by atoms with E-state index >= 15 is 0 Å². The molecule has 142 valence electrons. The maximum Gasteiger partial charge on any atom is 0.269 e. The van der Waals surface area contributed by atoms with Gasteiger partial charge >= 0.3 is 0 Å². The molecule has 0 unspecified atom stereocenters. The monoisotopic (exact) mass is 366 g/mol. The summed E-state index contributed by atoms with van der Waals surface area (Å²) in [4.78, 5) is 13.0. The van der Waals surface area contributed by atoms with Gasteiger partial charge in [0.05, 0.1) is 4.92 Å². The van der Waals surface area contributed by atoms with E-state index in [-0.39, 0.29) is 16.0 Å². The number of piperidine rings is 1. The van der Waals surface area contributed by atoms with Crippen LogP contribution in [0.4, 0.5) is 5.69 Å². The number of fused-ring (bicyclic) bond motifs is 2. The Labute approximate surface area is 159 Å². The first-order chi connectivity index (χ1) is 13.1. The average Bonchev–Trinajstić information content (AvgIpc) is 2.68.